The highest BCUT2D eigenvalue weighted by molar-refractivity contribution is 7.90. The Morgan fingerprint density at radius 2 is 1.78 bits per heavy atom. The van der Waals surface area contributed by atoms with Gasteiger partial charge in [0.1, 0.15) is 11.1 Å². The summed E-state index contributed by atoms with van der Waals surface area (Å²) in [4.78, 5) is 8.23. The van der Waals surface area contributed by atoms with Gasteiger partial charge in [-0.1, -0.05) is 13.8 Å². The predicted molar refractivity (Wildman–Crippen MR) is 71.8 cm³/mol. The van der Waals surface area contributed by atoms with E-state index in [2.05, 4.69) is 29.1 Å². The van der Waals surface area contributed by atoms with Crippen molar-refractivity contribution in [2.75, 3.05) is 12.8 Å². The Hall–Kier alpha value is -1.01. The first kappa shape index (κ1) is 15.0. The Kier molecular flexibility index (Phi) is 5.22. The van der Waals surface area contributed by atoms with E-state index in [1.54, 1.807) is 19.3 Å². The molecule has 1 heterocycles. The zero-order chi connectivity index (χ0) is 13.8. The van der Waals surface area contributed by atoms with Crippen LogP contribution in [0.15, 0.2) is 12.4 Å². The molecule has 0 saturated heterocycles. The number of aromatic nitrogens is 2. The molecule has 6 heteroatoms. The fourth-order valence-electron chi connectivity index (χ4n) is 1.36. The molecule has 0 amide bonds. The first-order valence-electron chi connectivity index (χ1n) is 6.01. The molecule has 5 nitrogen and oxygen atoms in total. The third-order valence-electron chi connectivity index (χ3n) is 2.61. The van der Waals surface area contributed by atoms with Crippen LogP contribution in [0.5, 0.6) is 0 Å². The Bertz CT molecular complexity index is 469. The zero-order valence-electron chi connectivity index (χ0n) is 11.3. The van der Waals surface area contributed by atoms with Crippen molar-refractivity contribution in [3.63, 3.8) is 0 Å². The van der Waals surface area contributed by atoms with Gasteiger partial charge in [-0.15, -0.1) is 0 Å². The predicted octanol–water partition coefficient (Wildman–Crippen LogP) is 1.33. The quantitative estimate of drug-likeness (QED) is 0.845. The van der Waals surface area contributed by atoms with Crippen molar-refractivity contribution in [3.8, 4) is 0 Å². The molecule has 0 aliphatic rings. The van der Waals surface area contributed by atoms with E-state index < -0.39 is 15.1 Å². The van der Waals surface area contributed by atoms with Crippen molar-refractivity contribution < 1.29 is 8.42 Å². The highest BCUT2D eigenvalue weighted by Gasteiger charge is 2.19. The largest absolute Gasteiger partial charge is 0.312 e. The lowest BCUT2D eigenvalue weighted by Gasteiger charge is -2.09. The van der Waals surface area contributed by atoms with Gasteiger partial charge in [-0.2, -0.15) is 0 Å². The van der Waals surface area contributed by atoms with Crippen LogP contribution in [0, 0.1) is 5.92 Å². The molecule has 0 aliphatic heterocycles. The molecule has 0 bridgehead atoms. The first-order valence-corrected chi connectivity index (χ1v) is 7.96. The van der Waals surface area contributed by atoms with Gasteiger partial charge in [0, 0.05) is 30.8 Å². The van der Waals surface area contributed by atoms with E-state index in [1.165, 1.54) is 6.26 Å². The van der Waals surface area contributed by atoms with Crippen LogP contribution in [-0.4, -0.2) is 31.2 Å². The van der Waals surface area contributed by atoms with Crippen LogP contribution in [0.2, 0.25) is 0 Å². The van der Waals surface area contributed by atoms with E-state index in [4.69, 9.17) is 0 Å². The number of rotatable bonds is 6. The summed E-state index contributed by atoms with van der Waals surface area (Å²) in [6.07, 6.45) is 4.55. The third kappa shape index (κ3) is 4.70. The van der Waals surface area contributed by atoms with Gasteiger partial charge in [0.2, 0.25) is 0 Å². The monoisotopic (exact) mass is 271 g/mol. The summed E-state index contributed by atoms with van der Waals surface area (Å²) < 4.78 is 22.7. The topological polar surface area (TPSA) is 72.0 Å². The lowest BCUT2D eigenvalue weighted by molar-refractivity contribution is 0.550. The van der Waals surface area contributed by atoms with Crippen LogP contribution >= 0.6 is 0 Å². The molecule has 1 atom stereocenters. The van der Waals surface area contributed by atoms with Gasteiger partial charge >= 0.3 is 0 Å². The van der Waals surface area contributed by atoms with Crippen LogP contribution in [-0.2, 0) is 16.4 Å². The number of nitrogens with one attached hydrogen (secondary N) is 1. The van der Waals surface area contributed by atoms with Crippen LogP contribution in [0.1, 0.15) is 37.4 Å². The summed E-state index contributed by atoms with van der Waals surface area (Å²) in [6, 6.07) is 0. The highest BCUT2D eigenvalue weighted by Crippen LogP contribution is 2.16. The average Bonchev–Trinajstić information content (AvgIpc) is 2.27. The van der Waals surface area contributed by atoms with Gasteiger partial charge < -0.3 is 5.32 Å². The molecule has 0 aromatic carbocycles. The molecular weight excluding hydrogens is 250 g/mol. The Morgan fingerprint density at radius 3 is 2.22 bits per heavy atom. The molecule has 18 heavy (non-hydrogen) atoms. The van der Waals surface area contributed by atoms with E-state index in [0.717, 1.165) is 12.1 Å². The smallest absolute Gasteiger partial charge is 0.157 e. The third-order valence-corrected chi connectivity index (χ3v) is 4.11. The molecule has 1 rings (SSSR count). The van der Waals surface area contributed by atoms with Crippen LogP contribution in [0.25, 0.3) is 0 Å². The molecule has 0 radical (unpaired) electrons. The van der Waals surface area contributed by atoms with Crippen LogP contribution in [0.4, 0.5) is 0 Å². The van der Waals surface area contributed by atoms with E-state index in [0.29, 0.717) is 18.3 Å². The van der Waals surface area contributed by atoms with Crippen LogP contribution in [0.3, 0.4) is 0 Å². The van der Waals surface area contributed by atoms with E-state index in [1.807, 2.05) is 0 Å². The molecular formula is C12H21N3O2S. The normalized spacial score (nSPS) is 13.8. The molecule has 1 aromatic heterocycles. The first-order chi connectivity index (χ1) is 8.30. The summed E-state index contributed by atoms with van der Waals surface area (Å²) in [5.41, 5.74) is 0.958. The molecule has 1 unspecified atom stereocenters. The van der Waals surface area contributed by atoms with Crippen molar-refractivity contribution >= 4 is 9.84 Å². The van der Waals surface area contributed by atoms with E-state index in [9.17, 15) is 8.42 Å². The van der Waals surface area contributed by atoms with Gasteiger partial charge in [0.15, 0.2) is 9.84 Å². The lowest BCUT2D eigenvalue weighted by Crippen LogP contribution is -2.19. The summed E-state index contributed by atoms with van der Waals surface area (Å²) in [7, 11) is -3.14. The molecule has 1 aromatic rings. The van der Waals surface area contributed by atoms with Crippen molar-refractivity contribution in [1.29, 1.82) is 0 Å². The van der Waals surface area contributed by atoms with E-state index >= 15 is 0 Å². The molecule has 1 N–H and O–H groups in total. The maximum atomic E-state index is 11.4. The van der Waals surface area contributed by atoms with Crippen molar-refractivity contribution in [3.05, 3.63) is 23.8 Å². The minimum absolute atomic E-state index is 0.352. The summed E-state index contributed by atoms with van der Waals surface area (Å²) >= 11 is 0. The van der Waals surface area contributed by atoms with Gasteiger partial charge in [-0.3, -0.25) is 0 Å². The lowest BCUT2D eigenvalue weighted by atomic mass is 10.2. The van der Waals surface area contributed by atoms with Crippen molar-refractivity contribution in [1.82, 2.24) is 15.3 Å². The second-order valence-corrected chi connectivity index (χ2v) is 7.31. The van der Waals surface area contributed by atoms with E-state index in [-0.39, 0.29) is 0 Å². The fraction of sp³-hybridized carbons (Fsp3) is 0.667. The SMILES string of the molecule is CC(C)CNCc1cnc(C(C)S(C)(=O)=O)nc1. The number of hydrogen-bond acceptors (Lipinski definition) is 5. The standard InChI is InChI=1S/C12H21N3O2S/c1-9(2)5-13-6-11-7-14-12(15-8-11)10(3)18(4,16)17/h7-10,13H,5-6H2,1-4H3. The number of hydrogen-bond donors (Lipinski definition) is 1. The highest BCUT2D eigenvalue weighted by atomic mass is 32.2. The molecule has 102 valence electrons. The summed E-state index contributed by atoms with van der Waals surface area (Å²) in [5.74, 6) is 0.945. The zero-order valence-corrected chi connectivity index (χ0v) is 12.2. The fourth-order valence-corrected chi connectivity index (χ4v) is 1.87. The minimum atomic E-state index is -3.14. The van der Waals surface area contributed by atoms with Gasteiger partial charge in [-0.25, -0.2) is 18.4 Å². The second kappa shape index (κ2) is 6.24. The molecule has 0 aliphatic carbocycles. The maximum absolute atomic E-state index is 11.4. The maximum Gasteiger partial charge on any atom is 0.157 e. The Labute approximate surface area is 109 Å². The van der Waals surface area contributed by atoms with Crippen molar-refractivity contribution in [2.24, 2.45) is 5.92 Å². The van der Waals surface area contributed by atoms with Gasteiger partial charge in [0.25, 0.3) is 0 Å². The number of sulfone groups is 1. The molecule has 0 fully saturated rings. The Balaban J connectivity index is 2.63. The summed E-state index contributed by atoms with van der Waals surface area (Å²) in [5, 5.41) is 2.62. The summed E-state index contributed by atoms with van der Waals surface area (Å²) in [6.45, 7) is 7.51. The minimum Gasteiger partial charge on any atom is -0.312 e. The molecule has 0 spiro atoms. The molecule has 0 saturated carbocycles. The van der Waals surface area contributed by atoms with Crippen LogP contribution < -0.4 is 5.32 Å². The van der Waals surface area contributed by atoms with Crippen molar-refractivity contribution in [2.45, 2.75) is 32.6 Å². The second-order valence-electron chi connectivity index (χ2n) is 4.95. The average molecular weight is 271 g/mol. The van der Waals surface area contributed by atoms with Gasteiger partial charge in [-0.05, 0) is 19.4 Å². The number of nitrogens with zero attached hydrogens (tertiary/aromatic N) is 2. The van der Waals surface area contributed by atoms with Gasteiger partial charge in [0.05, 0.1) is 0 Å². The Morgan fingerprint density at radius 1 is 1.22 bits per heavy atom.